The summed E-state index contributed by atoms with van der Waals surface area (Å²) in [6, 6.07) is 2.29. The van der Waals surface area contributed by atoms with Crippen molar-refractivity contribution in [1.29, 1.82) is 0 Å². The van der Waals surface area contributed by atoms with Gasteiger partial charge in [-0.2, -0.15) is 0 Å². The van der Waals surface area contributed by atoms with Crippen molar-refractivity contribution in [3.63, 3.8) is 0 Å². The topological polar surface area (TPSA) is 15.3 Å². The van der Waals surface area contributed by atoms with E-state index in [2.05, 4.69) is 46.1 Å². The van der Waals surface area contributed by atoms with Crippen molar-refractivity contribution in [2.24, 2.45) is 5.92 Å². The molecule has 19 heavy (non-hydrogen) atoms. The fourth-order valence-electron chi connectivity index (χ4n) is 2.81. The summed E-state index contributed by atoms with van der Waals surface area (Å²) in [5, 5.41) is 3.53. The van der Waals surface area contributed by atoms with Crippen LogP contribution in [0.1, 0.15) is 35.9 Å². The van der Waals surface area contributed by atoms with Crippen LogP contribution < -0.4 is 5.32 Å². The molecule has 0 aliphatic carbocycles. The number of nitrogens with zero attached hydrogens (tertiary/aromatic N) is 1. The van der Waals surface area contributed by atoms with Crippen molar-refractivity contribution in [2.75, 3.05) is 26.2 Å². The summed E-state index contributed by atoms with van der Waals surface area (Å²) in [6.45, 7) is 10.5. The number of rotatable bonds is 6. The molecule has 1 aromatic rings. The van der Waals surface area contributed by atoms with Gasteiger partial charge in [-0.1, -0.05) is 6.92 Å². The molecule has 0 amide bonds. The Balaban J connectivity index is 1.91. The fourth-order valence-corrected chi connectivity index (χ4v) is 4.46. The summed E-state index contributed by atoms with van der Waals surface area (Å²) in [5.74, 6) is 0.838. The third-order valence-corrected chi connectivity index (χ3v) is 5.86. The lowest BCUT2D eigenvalue weighted by molar-refractivity contribution is 0.203. The maximum absolute atomic E-state index is 3.63. The fraction of sp³-hybridized carbons (Fsp3) is 0.733. The maximum atomic E-state index is 3.63. The standard InChI is InChI=1S/C15H25BrN2S/c1-3-7-18(10-13-5-4-6-17-9-13)11-14-8-15(16)12(2)19-14/h8,13,17H,3-7,9-11H2,1-2H3. The first kappa shape index (κ1) is 15.5. The molecular formula is C15H25BrN2S. The minimum Gasteiger partial charge on any atom is -0.316 e. The zero-order chi connectivity index (χ0) is 13.7. The zero-order valence-electron chi connectivity index (χ0n) is 12.0. The Morgan fingerprint density at radius 2 is 2.37 bits per heavy atom. The number of nitrogens with one attached hydrogen (secondary N) is 1. The molecule has 1 saturated heterocycles. The third kappa shape index (κ3) is 4.85. The Labute approximate surface area is 129 Å². The molecule has 0 bridgehead atoms. The molecule has 1 aliphatic heterocycles. The Bertz CT molecular complexity index is 366. The van der Waals surface area contributed by atoms with E-state index >= 15 is 0 Å². The van der Waals surface area contributed by atoms with E-state index in [4.69, 9.17) is 0 Å². The second kappa shape index (κ2) is 7.77. The van der Waals surface area contributed by atoms with Gasteiger partial charge in [0.2, 0.25) is 0 Å². The molecule has 2 nitrogen and oxygen atoms in total. The van der Waals surface area contributed by atoms with Crippen LogP contribution >= 0.6 is 27.3 Å². The van der Waals surface area contributed by atoms with E-state index in [9.17, 15) is 0 Å². The molecule has 1 atom stereocenters. The third-order valence-electron chi connectivity index (χ3n) is 3.74. The summed E-state index contributed by atoms with van der Waals surface area (Å²) < 4.78 is 1.27. The van der Waals surface area contributed by atoms with Crippen molar-refractivity contribution >= 4 is 27.3 Å². The van der Waals surface area contributed by atoms with Crippen LogP contribution in [0.15, 0.2) is 10.5 Å². The van der Waals surface area contributed by atoms with Gasteiger partial charge in [0.1, 0.15) is 0 Å². The number of thiophene rings is 1. The van der Waals surface area contributed by atoms with Crippen LogP contribution in [0.2, 0.25) is 0 Å². The monoisotopic (exact) mass is 344 g/mol. The summed E-state index contributed by atoms with van der Waals surface area (Å²) in [5.41, 5.74) is 0. The van der Waals surface area contributed by atoms with Gasteiger partial charge in [0, 0.05) is 27.3 Å². The Kier molecular flexibility index (Phi) is 6.33. The Morgan fingerprint density at radius 1 is 1.53 bits per heavy atom. The summed E-state index contributed by atoms with van der Waals surface area (Å²) in [4.78, 5) is 5.52. The number of hydrogen-bond acceptors (Lipinski definition) is 3. The highest BCUT2D eigenvalue weighted by Crippen LogP contribution is 2.27. The Hall–Kier alpha value is 0.1000. The molecule has 1 unspecified atom stereocenters. The summed E-state index contributed by atoms with van der Waals surface area (Å²) in [7, 11) is 0. The molecule has 0 aromatic carbocycles. The van der Waals surface area contributed by atoms with Gasteiger partial charge in [-0.25, -0.2) is 0 Å². The normalized spacial score (nSPS) is 20.1. The highest BCUT2D eigenvalue weighted by atomic mass is 79.9. The molecule has 0 radical (unpaired) electrons. The quantitative estimate of drug-likeness (QED) is 0.837. The minimum atomic E-state index is 0.838. The average Bonchev–Trinajstić information content (AvgIpc) is 2.70. The van der Waals surface area contributed by atoms with Crippen molar-refractivity contribution in [3.05, 3.63) is 20.3 Å². The SMILES string of the molecule is CCCN(Cc1cc(Br)c(C)s1)CC1CCCNC1. The van der Waals surface area contributed by atoms with E-state index in [0.717, 1.165) is 12.5 Å². The zero-order valence-corrected chi connectivity index (χ0v) is 14.4. The summed E-state index contributed by atoms with van der Waals surface area (Å²) in [6.07, 6.45) is 3.97. The van der Waals surface area contributed by atoms with Crippen LogP contribution in [-0.4, -0.2) is 31.1 Å². The van der Waals surface area contributed by atoms with Gasteiger partial charge >= 0.3 is 0 Å². The molecule has 108 valence electrons. The van der Waals surface area contributed by atoms with Crippen molar-refractivity contribution in [2.45, 2.75) is 39.7 Å². The molecule has 1 fully saturated rings. The van der Waals surface area contributed by atoms with Gasteiger partial charge in [-0.3, -0.25) is 4.90 Å². The molecular weight excluding hydrogens is 320 g/mol. The lowest BCUT2D eigenvalue weighted by atomic mass is 9.99. The predicted molar refractivity (Wildman–Crippen MR) is 87.9 cm³/mol. The van der Waals surface area contributed by atoms with Crippen LogP contribution in [0.4, 0.5) is 0 Å². The van der Waals surface area contributed by atoms with Gasteiger partial charge < -0.3 is 5.32 Å². The van der Waals surface area contributed by atoms with Crippen molar-refractivity contribution in [1.82, 2.24) is 10.2 Å². The molecule has 0 spiro atoms. The van der Waals surface area contributed by atoms with Crippen molar-refractivity contribution < 1.29 is 0 Å². The van der Waals surface area contributed by atoms with Gasteiger partial charge in [0.25, 0.3) is 0 Å². The minimum absolute atomic E-state index is 0.838. The number of halogens is 1. The maximum Gasteiger partial charge on any atom is 0.0328 e. The first-order valence-corrected chi connectivity index (χ1v) is 8.98. The lowest BCUT2D eigenvalue weighted by Crippen LogP contribution is -2.38. The number of piperidine rings is 1. The lowest BCUT2D eigenvalue weighted by Gasteiger charge is -2.29. The molecule has 1 aromatic heterocycles. The van der Waals surface area contributed by atoms with E-state index < -0.39 is 0 Å². The van der Waals surface area contributed by atoms with Gasteiger partial charge in [-0.15, -0.1) is 11.3 Å². The van der Waals surface area contributed by atoms with E-state index in [1.54, 1.807) is 0 Å². The molecule has 1 N–H and O–H groups in total. The van der Waals surface area contributed by atoms with Crippen LogP contribution in [0.3, 0.4) is 0 Å². The largest absolute Gasteiger partial charge is 0.316 e. The van der Waals surface area contributed by atoms with E-state index in [-0.39, 0.29) is 0 Å². The summed E-state index contributed by atoms with van der Waals surface area (Å²) >= 11 is 5.55. The van der Waals surface area contributed by atoms with Crippen LogP contribution in [0.5, 0.6) is 0 Å². The second-order valence-electron chi connectivity index (χ2n) is 5.56. The first-order valence-electron chi connectivity index (χ1n) is 7.37. The molecule has 0 saturated carbocycles. The molecule has 4 heteroatoms. The smallest absolute Gasteiger partial charge is 0.0328 e. The first-order chi connectivity index (χ1) is 9.19. The molecule has 2 rings (SSSR count). The average molecular weight is 345 g/mol. The highest BCUT2D eigenvalue weighted by Gasteiger charge is 2.17. The molecule has 1 aliphatic rings. The number of hydrogen-bond donors (Lipinski definition) is 1. The van der Waals surface area contributed by atoms with Gasteiger partial charge in [-0.05, 0) is 73.7 Å². The van der Waals surface area contributed by atoms with Crippen LogP contribution in [0, 0.1) is 12.8 Å². The Morgan fingerprint density at radius 3 is 2.95 bits per heavy atom. The van der Waals surface area contributed by atoms with E-state index in [1.165, 1.54) is 59.7 Å². The van der Waals surface area contributed by atoms with Crippen LogP contribution in [0.25, 0.3) is 0 Å². The number of aryl methyl sites for hydroxylation is 1. The van der Waals surface area contributed by atoms with E-state index in [1.807, 2.05) is 11.3 Å². The van der Waals surface area contributed by atoms with Gasteiger partial charge in [0.05, 0.1) is 0 Å². The predicted octanol–water partition coefficient (Wildman–Crippen LogP) is 4.03. The van der Waals surface area contributed by atoms with Crippen LogP contribution in [-0.2, 0) is 6.54 Å². The van der Waals surface area contributed by atoms with Crippen molar-refractivity contribution in [3.8, 4) is 0 Å². The van der Waals surface area contributed by atoms with E-state index in [0.29, 0.717) is 0 Å². The van der Waals surface area contributed by atoms with Gasteiger partial charge in [0.15, 0.2) is 0 Å². The highest BCUT2D eigenvalue weighted by molar-refractivity contribution is 9.10. The molecule has 2 heterocycles. The second-order valence-corrected chi connectivity index (χ2v) is 7.76.